The average Bonchev–Trinajstić information content (AvgIpc) is 2.73. The Morgan fingerprint density at radius 1 is 1.07 bits per heavy atom. The largest absolute Gasteiger partial charge is 0.478 e. The number of nitrogens with one attached hydrogen (secondary N) is 1. The Bertz CT molecular complexity index is 922. The molecule has 29 heavy (non-hydrogen) atoms. The van der Waals surface area contributed by atoms with E-state index in [9.17, 15) is 9.59 Å². The van der Waals surface area contributed by atoms with Crippen LogP contribution in [0, 0.1) is 11.8 Å². The zero-order valence-corrected chi connectivity index (χ0v) is 16.0. The van der Waals surface area contributed by atoms with Gasteiger partial charge in [0, 0.05) is 30.0 Å². The quantitative estimate of drug-likeness (QED) is 0.736. The zero-order chi connectivity index (χ0) is 20.5. The summed E-state index contributed by atoms with van der Waals surface area (Å²) >= 11 is 0. The predicted molar refractivity (Wildman–Crippen MR) is 109 cm³/mol. The lowest BCUT2D eigenvalue weighted by atomic mass is 10.1. The van der Waals surface area contributed by atoms with Gasteiger partial charge in [-0.15, -0.1) is 0 Å². The van der Waals surface area contributed by atoms with Gasteiger partial charge >= 0.3 is 5.97 Å². The van der Waals surface area contributed by atoms with E-state index in [4.69, 9.17) is 14.6 Å². The van der Waals surface area contributed by atoms with E-state index in [-0.39, 0.29) is 24.0 Å². The van der Waals surface area contributed by atoms with Crippen molar-refractivity contribution in [3.05, 3.63) is 65.2 Å². The highest BCUT2D eigenvalue weighted by Gasteiger charge is 2.14. The SMILES string of the molecule is O=C(CCOC1CCOCC1)Nc1cccc(C#Cc2cccc(C(=O)O)c2)c1. The fourth-order valence-corrected chi connectivity index (χ4v) is 2.93. The third-order valence-electron chi connectivity index (χ3n) is 4.46. The number of hydrogen-bond donors (Lipinski definition) is 2. The van der Waals surface area contributed by atoms with E-state index < -0.39 is 5.97 Å². The summed E-state index contributed by atoms with van der Waals surface area (Å²) in [5.41, 5.74) is 2.19. The van der Waals surface area contributed by atoms with Crippen molar-refractivity contribution in [3.8, 4) is 11.8 Å². The van der Waals surface area contributed by atoms with Gasteiger partial charge in [-0.2, -0.15) is 0 Å². The van der Waals surface area contributed by atoms with Gasteiger partial charge in [-0.3, -0.25) is 4.79 Å². The van der Waals surface area contributed by atoms with E-state index in [1.54, 1.807) is 24.3 Å². The van der Waals surface area contributed by atoms with E-state index in [0.29, 0.717) is 31.1 Å². The van der Waals surface area contributed by atoms with Crippen molar-refractivity contribution in [1.82, 2.24) is 0 Å². The van der Waals surface area contributed by atoms with Crippen LogP contribution in [0.1, 0.15) is 40.7 Å². The molecule has 2 N–H and O–H groups in total. The van der Waals surface area contributed by atoms with Gasteiger partial charge in [0.15, 0.2) is 0 Å². The van der Waals surface area contributed by atoms with Crippen LogP contribution in [-0.4, -0.2) is 42.9 Å². The Morgan fingerprint density at radius 2 is 1.76 bits per heavy atom. The number of carboxylic acid groups (broad SMARTS) is 1. The third-order valence-corrected chi connectivity index (χ3v) is 4.46. The van der Waals surface area contributed by atoms with Crippen LogP contribution in [0.5, 0.6) is 0 Å². The Balaban J connectivity index is 1.53. The molecule has 1 aliphatic heterocycles. The highest BCUT2D eigenvalue weighted by molar-refractivity contribution is 5.91. The maximum atomic E-state index is 12.1. The van der Waals surface area contributed by atoms with E-state index in [0.717, 1.165) is 18.4 Å². The maximum Gasteiger partial charge on any atom is 0.335 e. The fourth-order valence-electron chi connectivity index (χ4n) is 2.93. The molecule has 0 spiro atoms. The summed E-state index contributed by atoms with van der Waals surface area (Å²) in [6.45, 7) is 1.81. The van der Waals surface area contributed by atoms with E-state index in [1.807, 2.05) is 12.1 Å². The van der Waals surface area contributed by atoms with Gasteiger partial charge < -0.3 is 19.9 Å². The van der Waals surface area contributed by atoms with E-state index in [2.05, 4.69) is 17.2 Å². The standard InChI is InChI=1S/C23H23NO5/c25-22(11-14-29-21-9-12-28-13-10-21)24-20-6-2-4-18(16-20)8-7-17-3-1-5-19(15-17)23(26)27/h1-6,15-16,21H,9-14H2,(H,24,25)(H,26,27). The van der Waals surface area contributed by atoms with Crippen molar-refractivity contribution in [3.63, 3.8) is 0 Å². The number of ether oxygens (including phenoxy) is 2. The molecule has 0 radical (unpaired) electrons. The molecule has 2 aromatic carbocycles. The van der Waals surface area contributed by atoms with Crippen molar-refractivity contribution >= 4 is 17.6 Å². The first-order chi connectivity index (χ1) is 14.1. The predicted octanol–water partition coefficient (Wildman–Crippen LogP) is 3.31. The Kier molecular flexibility index (Phi) is 7.40. The van der Waals surface area contributed by atoms with Crippen LogP contribution in [0.25, 0.3) is 0 Å². The van der Waals surface area contributed by atoms with Crippen LogP contribution in [0.3, 0.4) is 0 Å². The molecule has 0 aliphatic carbocycles. The average molecular weight is 393 g/mol. The van der Waals surface area contributed by atoms with Crippen LogP contribution in [0.2, 0.25) is 0 Å². The highest BCUT2D eigenvalue weighted by Crippen LogP contribution is 2.13. The van der Waals surface area contributed by atoms with Gasteiger partial charge in [0.1, 0.15) is 0 Å². The Labute approximate surface area is 169 Å². The minimum Gasteiger partial charge on any atom is -0.478 e. The van der Waals surface area contributed by atoms with Gasteiger partial charge in [-0.1, -0.05) is 24.0 Å². The minimum atomic E-state index is -0.987. The van der Waals surface area contributed by atoms with Gasteiger partial charge in [-0.25, -0.2) is 4.79 Å². The van der Waals surface area contributed by atoms with E-state index >= 15 is 0 Å². The van der Waals surface area contributed by atoms with Crippen LogP contribution >= 0.6 is 0 Å². The number of aromatic carboxylic acids is 1. The molecule has 1 heterocycles. The summed E-state index contributed by atoms with van der Waals surface area (Å²) in [7, 11) is 0. The molecule has 0 saturated carbocycles. The van der Waals surface area contributed by atoms with Gasteiger partial charge in [-0.05, 0) is 49.2 Å². The molecule has 1 saturated heterocycles. The molecule has 2 aromatic rings. The van der Waals surface area contributed by atoms with Crippen molar-refractivity contribution in [1.29, 1.82) is 0 Å². The van der Waals surface area contributed by atoms with Crippen molar-refractivity contribution in [2.24, 2.45) is 0 Å². The first-order valence-corrected chi connectivity index (χ1v) is 9.55. The first kappa shape index (κ1) is 20.6. The molecule has 0 unspecified atom stereocenters. The van der Waals surface area contributed by atoms with Crippen molar-refractivity contribution in [2.75, 3.05) is 25.1 Å². The maximum absolute atomic E-state index is 12.1. The van der Waals surface area contributed by atoms with Gasteiger partial charge in [0.05, 0.1) is 24.7 Å². The van der Waals surface area contributed by atoms with Crippen LogP contribution in [-0.2, 0) is 14.3 Å². The molecule has 1 amide bonds. The Morgan fingerprint density at radius 3 is 2.48 bits per heavy atom. The van der Waals surface area contributed by atoms with Gasteiger partial charge in [0.2, 0.25) is 5.91 Å². The number of benzene rings is 2. The molecule has 0 atom stereocenters. The van der Waals surface area contributed by atoms with Crippen molar-refractivity contribution < 1.29 is 24.2 Å². The zero-order valence-electron chi connectivity index (χ0n) is 16.0. The summed E-state index contributed by atoms with van der Waals surface area (Å²) in [5.74, 6) is 4.85. The topological polar surface area (TPSA) is 84.9 Å². The van der Waals surface area contributed by atoms with Crippen LogP contribution in [0.15, 0.2) is 48.5 Å². The number of carbonyl (C=O) groups is 2. The lowest BCUT2D eigenvalue weighted by Gasteiger charge is -2.22. The molecule has 3 rings (SSSR count). The Hall–Kier alpha value is -3.14. The third kappa shape index (κ3) is 6.75. The summed E-state index contributed by atoms with van der Waals surface area (Å²) in [4.78, 5) is 23.2. The molecular formula is C23H23NO5. The summed E-state index contributed by atoms with van der Waals surface area (Å²) in [6, 6.07) is 13.7. The van der Waals surface area contributed by atoms with Crippen molar-refractivity contribution in [2.45, 2.75) is 25.4 Å². The number of amides is 1. The normalized spacial score (nSPS) is 13.9. The number of anilines is 1. The van der Waals surface area contributed by atoms with E-state index in [1.165, 1.54) is 12.1 Å². The minimum absolute atomic E-state index is 0.115. The lowest BCUT2D eigenvalue weighted by molar-refractivity contribution is -0.118. The molecule has 0 bridgehead atoms. The summed E-state index contributed by atoms with van der Waals surface area (Å²) in [6.07, 6.45) is 2.21. The number of hydrogen-bond acceptors (Lipinski definition) is 4. The number of rotatable bonds is 6. The molecule has 0 aromatic heterocycles. The smallest absolute Gasteiger partial charge is 0.335 e. The molecular weight excluding hydrogens is 370 g/mol. The molecule has 6 heteroatoms. The first-order valence-electron chi connectivity index (χ1n) is 9.55. The second-order valence-electron chi connectivity index (χ2n) is 6.70. The van der Waals surface area contributed by atoms with Crippen LogP contribution < -0.4 is 5.32 Å². The second kappa shape index (κ2) is 10.4. The second-order valence-corrected chi connectivity index (χ2v) is 6.70. The number of carboxylic acids is 1. The summed E-state index contributed by atoms with van der Waals surface area (Å²) in [5, 5.41) is 11.9. The molecule has 1 aliphatic rings. The molecule has 150 valence electrons. The summed E-state index contributed by atoms with van der Waals surface area (Å²) < 4.78 is 11.0. The highest BCUT2D eigenvalue weighted by atomic mass is 16.5. The van der Waals surface area contributed by atoms with Crippen LogP contribution in [0.4, 0.5) is 5.69 Å². The molecule has 6 nitrogen and oxygen atoms in total. The lowest BCUT2D eigenvalue weighted by Crippen LogP contribution is -2.25. The monoisotopic (exact) mass is 393 g/mol. The fraction of sp³-hybridized carbons (Fsp3) is 0.304. The molecule has 1 fully saturated rings. The van der Waals surface area contributed by atoms with Gasteiger partial charge in [0.25, 0.3) is 0 Å². The number of carbonyl (C=O) groups excluding carboxylic acids is 1.